The Balaban J connectivity index is 1.67. The zero-order chi connectivity index (χ0) is 34.3. The second-order valence-corrected chi connectivity index (χ2v) is 12.5. The molecule has 0 saturated carbocycles. The molecule has 8 nitrogen and oxygen atoms in total. The average Bonchev–Trinajstić information content (AvgIpc) is 3.13. The first-order valence-electron chi connectivity index (χ1n) is 17.6. The fourth-order valence-corrected chi connectivity index (χ4v) is 5.67. The van der Waals surface area contributed by atoms with Gasteiger partial charge in [-0.1, -0.05) is 162 Å². The molecule has 48 heavy (non-hydrogen) atoms. The Kier molecular flexibility index (Phi) is 18.0. The third-order valence-electron chi connectivity index (χ3n) is 8.61. The molecule has 0 spiro atoms. The molecular formula is C40H54N2O6. The van der Waals surface area contributed by atoms with Gasteiger partial charge in [0.05, 0.1) is 5.92 Å². The Morgan fingerprint density at radius 2 is 0.833 bits per heavy atom. The summed E-state index contributed by atoms with van der Waals surface area (Å²) in [6.07, 6.45) is 13.4. The summed E-state index contributed by atoms with van der Waals surface area (Å²) in [5, 5.41) is 0. The Labute approximate surface area is 286 Å². The van der Waals surface area contributed by atoms with E-state index in [9.17, 15) is 14.4 Å². The van der Waals surface area contributed by atoms with Gasteiger partial charge in [-0.2, -0.15) is 0 Å². The van der Waals surface area contributed by atoms with Gasteiger partial charge in [0.2, 0.25) is 5.54 Å². The van der Waals surface area contributed by atoms with Crippen LogP contribution in [0, 0.1) is 5.92 Å². The highest BCUT2D eigenvalue weighted by molar-refractivity contribution is 6.08. The molecule has 0 aromatic heterocycles. The highest BCUT2D eigenvalue weighted by Gasteiger charge is 2.55. The van der Waals surface area contributed by atoms with Crippen molar-refractivity contribution in [3.63, 3.8) is 0 Å². The molecule has 0 heterocycles. The minimum Gasteiger partial charge on any atom is -0.461 e. The molecule has 4 N–H and O–H groups in total. The van der Waals surface area contributed by atoms with E-state index >= 15 is 0 Å². The van der Waals surface area contributed by atoms with Crippen LogP contribution in [0.3, 0.4) is 0 Å². The topological polar surface area (TPSA) is 131 Å². The molecule has 0 aliphatic carbocycles. The van der Waals surface area contributed by atoms with Crippen molar-refractivity contribution in [2.45, 2.75) is 109 Å². The molecule has 3 rings (SSSR count). The zero-order valence-electron chi connectivity index (χ0n) is 28.4. The van der Waals surface area contributed by atoms with E-state index in [-0.39, 0.29) is 26.2 Å². The van der Waals surface area contributed by atoms with Crippen LogP contribution in [0.1, 0.15) is 100 Å². The maximum Gasteiger partial charge on any atom is 0.339 e. The number of esters is 3. The van der Waals surface area contributed by atoms with Gasteiger partial charge in [0.15, 0.2) is 0 Å². The van der Waals surface area contributed by atoms with Gasteiger partial charge < -0.3 is 25.7 Å². The summed E-state index contributed by atoms with van der Waals surface area (Å²) in [6.45, 7) is 0.546. The lowest BCUT2D eigenvalue weighted by Crippen LogP contribution is -2.63. The van der Waals surface area contributed by atoms with Crippen molar-refractivity contribution in [2.75, 3.05) is 6.54 Å². The van der Waals surface area contributed by atoms with Crippen molar-refractivity contribution in [3.05, 3.63) is 108 Å². The quantitative estimate of drug-likeness (QED) is 0.0436. The van der Waals surface area contributed by atoms with Crippen LogP contribution >= 0.6 is 0 Å². The van der Waals surface area contributed by atoms with E-state index in [0.717, 1.165) is 55.3 Å². The van der Waals surface area contributed by atoms with Gasteiger partial charge in [0.1, 0.15) is 19.8 Å². The highest BCUT2D eigenvalue weighted by atomic mass is 16.6. The van der Waals surface area contributed by atoms with E-state index < -0.39 is 29.4 Å². The maximum atomic E-state index is 13.8. The van der Waals surface area contributed by atoms with Crippen LogP contribution in [0.25, 0.3) is 0 Å². The first-order chi connectivity index (χ1) is 23.4. The second-order valence-electron chi connectivity index (χ2n) is 12.5. The van der Waals surface area contributed by atoms with Gasteiger partial charge in [-0.25, -0.2) is 9.59 Å². The predicted octanol–water partition coefficient (Wildman–Crippen LogP) is 7.56. The number of hydrogen-bond acceptors (Lipinski definition) is 8. The summed E-state index contributed by atoms with van der Waals surface area (Å²) in [5.74, 6) is -4.07. The van der Waals surface area contributed by atoms with Crippen molar-refractivity contribution in [1.82, 2.24) is 0 Å². The third kappa shape index (κ3) is 13.6. The Morgan fingerprint density at radius 3 is 1.21 bits per heavy atom. The molecule has 260 valence electrons. The van der Waals surface area contributed by atoms with Crippen molar-refractivity contribution in [1.29, 1.82) is 0 Å². The standard InChI is InChI=1S/C40H54N2O6/c41-29-21-10-8-6-4-2-1-3-5-7-9-20-28-36(37(43)46-30-33-22-14-11-15-23-33)40(42,38(44)47-31-34-24-16-12-17-25-34)39(45)48-32-35-26-18-13-19-27-35/h11-19,22-27,36H,1-10,20-21,28-32,41-42H2. The second kappa shape index (κ2) is 22.5. The molecule has 3 aromatic carbocycles. The largest absolute Gasteiger partial charge is 0.461 e. The molecule has 0 fully saturated rings. The van der Waals surface area contributed by atoms with Crippen LogP contribution in [-0.2, 0) is 48.4 Å². The minimum atomic E-state index is -2.40. The number of benzene rings is 3. The van der Waals surface area contributed by atoms with Crippen molar-refractivity contribution < 1.29 is 28.6 Å². The van der Waals surface area contributed by atoms with Gasteiger partial charge in [-0.15, -0.1) is 0 Å². The average molecular weight is 659 g/mol. The van der Waals surface area contributed by atoms with Crippen molar-refractivity contribution >= 4 is 17.9 Å². The van der Waals surface area contributed by atoms with Crippen molar-refractivity contribution in [2.24, 2.45) is 17.4 Å². The van der Waals surface area contributed by atoms with Crippen molar-refractivity contribution in [3.8, 4) is 0 Å². The van der Waals surface area contributed by atoms with Crippen LogP contribution in [0.15, 0.2) is 91.0 Å². The van der Waals surface area contributed by atoms with Crippen LogP contribution in [-0.4, -0.2) is 30.0 Å². The van der Waals surface area contributed by atoms with E-state index in [1.54, 1.807) is 24.3 Å². The lowest BCUT2D eigenvalue weighted by molar-refractivity contribution is -0.176. The normalized spacial score (nSPS) is 11.9. The molecule has 0 bridgehead atoms. The van der Waals surface area contributed by atoms with Crippen LogP contribution in [0.2, 0.25) is 0 Å². The SMILES string of the molecule is NCCCCCCCCCCCCCCC(C(=O)OCc1ccccc1)C(N)(C(=O)OCc1ccccc1)C(=O)OCc1ccccc1. The highest BCUT2D eigenvalue weighted by Crippen LogP contribution is 2.28. The van der Waals surface area contributed by atoms with Gasteiger partial charge in [-0.05, 0) is 36.1 Å². The summed E-state index contributed by atoms with van der Waals surface area (Å²) >= 11 is 0. The first-order valence-corrected chi connectivity index (χ1v) is 17.6. The maximum absolute atomic E-state index is 13.8. The Hall–Kier alpha value is -4.01. The first kappa shape index (κ1) is 38.4. The number of rotatable bonds is 24. The summed E-state index contributed by atoms with van der Waals surface area (Å²) in [7, 11) is 0. The molecule has 0 radical (unpaired) electrons. The van der Waals surface area contributed by atoms with Crippen LogP contribution in [0.5, 0.6) is 0 Å². The van der Waals surface area contributed by atoms with E-state index in [4.69, 9.17) is 25.7 Å². The molecule has 0 saturated heterocycles. The number of unbranched alkanes of at least 4 members (excludes halogenated alkanes) is 11. The molecular weight excluding hydrogens is 604 g/mol. The van der Waals surface area contributed by atoms with E-state index in [2.05, 4.69) is 0 Å². The summed E-state index contributed by atoms with van der Waals surface area (Å²) in [5.41, 5.74) is 12.1. The number of carbonyl (C=O) groups is 3. The number of ether oxygens (including phenoxy) is 3. The molecule has 1 unspecified atom stereocenters. The van der Waals surface area contributed by atoms with Crippen LogP contribution < -0.4 is 11.5 Å². The van der Waals surface area contributed by atoms with Gasteiger partial charge in [-0.3, -0.25) is 4.79 Å². The fraction of sp³-hybridized carbons (Fsp3) is 0.475. The Morgan fingerprint density at radius 1 is 0.500 bits per heavy atom. The fourth-order valence-electron chi connectivity index (χ4n) is 5.67. The third-order valence-corrected chi connectivity index (χ3v) is 8.61. The lowest BCUT2D eigenvalue weighted by atomic mass is 9.80. The molecule has 0 aliphatic rings. The smallest absolute Gasteiger partial charge is 0.339 e. The summed E-state index contributed by atoms with van der Waals surface area (Å²) in [4.78, 5) is 41.3. The van der Waals surface area contributed by atoms with E-state index in [0.29, 0.717) is 6.42 Å². The van der Waals surface area contributed by atoms with E-state index in [1.807, 2.05) is 66.7 Å². The summed E-state index contributed by atoms with van der Waals surface area (Å²) < 4.78 is 16.9. The van der Waals surface area contributed by atoms with Gasteiger partial charge in [0.25, 0.3) is 0 Å². The minimum absolute atomic E-state index is 0.0165. The monoisotopic (exact) mass is 658 g/mol. The zero-order valence-corrected chi connectivity index (χ0v) is 28.4. The Bertz CT molecular complexity index is 1260. The number of nitrogens with two attached hydrogens (primary N) is 2. The number of carbonyl (C=O) groups excluding carboxylic acids is 3. The predicted molar refractivity (Wildman–Crippen MR) is 188 cm³/mol. The molecule has 8 heteroatoms. The summed E-state index contributed by atoms with van der Waals surface area (Å²) in [6, 6.07) is 27.4. The van der Waals surface area contributed by atoms with Gasteiger partial charge >= 0.3 is 17.9 Å². The van der Waals surface area contributed by atoms with Gasteiger partial charge in [0, 0.05) is 0 Å². The molecule has 0 amide bonds. The lowest BCUT2D eigenvalue weighted by Gasteiger charge is -2.32. The molecule has 3 aromatic rings. The molecule has 1 atom stereocenters. The van der Waals surface area contributed by atoms with E-state index in [1.165, 1.54) is 38.5 Å². The number of hydrogen-bond donors (Lipinski definition) is 2. The van der Waals surface area contributed by atoms with Crippen LogP contribution in [0.4, 0.5) is 0 Å². The molecule has 0 aliphatic heterocycles.